The molecule has 0 fully saturated rings. The second kappa shape index (κ2) is 2.71. The highest BCUT2D eigenvalue weighted by Crippen LogP contribution is 2.19. The number of carbonyl (C=O) groups excluding carboxylic acids is 1. The van der Waals surface area contributed by atoms with Crippen LogP contribution >= 0.6 is 11.6 Å². The fourth-order valence-electron chi connectivity index (χ4n) is 1.10. The first-order chi connectivity index (χ1) is 5.75. The zero-order valence-electron chi connectivity index (χ0n) is 6.17. The van der Waals surface area contributed by atoms with E-state index in [0.717, 1.165) is 5.69 Å². The van der Waals surface area contributed by atoms with Crippen LogP contribution in [0.2, 0.25) is 5.15 Å². The van der Waals surface area contributed by atoms with Gasteiger partial charge in [-0.1, -0.05) is 11.6 Å². The van der Waals surface area contributed by atoms with Crippen molar-refractivity contribution >= 4 is 23.3 Å². The monoisotopic (exact) mass is 183 g/mol. The molecular formula is C7H6ClN3O. The van der Waals surface area contributed by atoms with Crippen molar-refractivity contribution in [2.45, 2.75) is 12.8 Å². The zero-order valence-corrected chi connectivity index (χ0v) is 6.93. The lowest BCUT2D eigenvalue weighted by atomic mass is 10.1. The minimum absolute atomic E-state index is 0.0286. The summed E-state index contributed by atoms with van der Waals surface area (Å²) in [5, 5.41) is 2.91. The number of carbonyl (C=O) groups is 1. The molecule has 1 aromatic heterocycles. The van der Waals surface area contributed by atoms with Crippen molar-refractivity contribution in [3.63, 3.8) is 0 Å². The number of amides is 1. The highest BCUT2D eigenvalue weighted by molar-refractivity contribution is 6.29. The maximum Gasteiger partial charge on any atom is 0.225 e. The fraction of sp³-hybridized carbons (Fsp3) is 0.286. The number of rotatable bonds is 0. The van der Waals surface area contributed by atoms with Crippen molar-refractivity contribution in [3.8, 4) is 0 Å². The van der Waals surface area contributed by atoms with E-state index in [9.17, 15) is 4.79 Å². The summed E-state index contributed by atoms with van der Waals surface area (Å²) in [6.07, 6.45) is 2.60. The first-order valence-electron chi connectivity index (χ1n) is 3.57. The molecule has 0 spiro atoms. The van der Waals surface area contributed by atoms with Crippen molar-refractivity contribution in [2.75, 3.05) is 5.32 Å². The van der Waals surface area contributed by atoms with E-state index < -0.39 is 0 Å². The molecule has 0 saturated carbocycles. The Labute approximate surface area is 74.0 Å². The summed E-state index contributed by atoms with van der Waals surface area (Å²) in [4.78, 5) is 18.9. The topological polar surface area (TPSA) is 54.9 Å². The average Bonchev–Trinajstić information content (AvgIpc) is 2.03. The maximum absolute atomic E-state index is 10.9. The average molecular weight is 184 g/mol. The molecule has 0 aliphatic carbocycles. The van der Waals surface area contributed by atoms with E-state index in [4.69, 9.17) is 11.6 Å². The normalized spacial score (nSPS) is 15.2. The third-order valence-electron chi connectivity index (χ3n) is 1.67. The molecule has 0 bridgehead atoms. The van der Waals surface area contributed by atoms with Gasteiger partial charge in [-0.25, -0.2) is 4.98 Å². The van der Waals surface area contributed by atoms with Gasteiger partial charge in [0.1, 0.15) is 5.15 Å². The number of hydrogen-bond acceptors (Lipinski definition) is 3. The number of aryl methyl sites for hydroxylation is 1. The molecule has 0 atom stereocenters. The Morgan fingerprint density at radius 1 is 1.50 bits per heavy atom. The van der Waals surface area contributed by atoms with Gasteiger partial charge in [-0.2, -0.15) is 0 Å². The van der Waals surface area contributed by atoms with Crippen LogP contribution in [0.1, 0.15) is 12.1 Å². The molecule has 4 nitrogen and oxygen atoms in total. The molecule has 1 N–H and O–H groups in total. The van der Waals surface area contributed by atoms with Gasteiger partial charge in [-0.05, 0) is 0 Å². The second-order valence-corrected chi connectivity index (χ2v) is 2.92. The van der Waals surface area contributed by atoms with Gasteiger partial charge >= 0.3 is 0 Å². The van der Waals surface area contributed by atoms with Gasteiger partial charge in [0.05, 0.1) is 11.9 Å². The van der Waals surface area contributed by atoms with Crippen LogP contribution in [0, 0.1) is 0 Å². The number of anilines is 1. The predicted octanol–water partition coefficient (Wildman–Crippen LogP) is 1.01. The van der Waals surface area contributed by atoms with Crippen LogP contribution in [-0.4, -0.2) is 15.9 Å². The SMILES string of the molecule is O=C1CCc2ncc(Cl)nc2N1. The Morgan fingerprint density at radius 2 is 2.33 bits per heavy atom. The number of hydrogen-bond donors (Lipinski definition) is 1. The smallest absolute Gasteiger partial charge is 0.225 e. The largest absolute Gasteiger partial charge is 0.309 e. The summed E-state index contributed by atoms with van der Waals surface area (Å²) in [6, 6.07) is 0. The van der Waals surface area contributed by atoms with Gasteiger partial charge in [0.2, 0.25) is 5.91 Å². The van der Waals surface area contributed by atoms with Crippen molar-refractivity contribution in [3.05, 3.63) is 17.0 Å². The minimum Gasteiger partial charge on any atom is -0.309 e. The molecule has 0 aromatic carbocycles. The molecule has 1 aliphatic rings. The molecule has 2 rings (SSSR count). The van der Waals surface area contributed by atoms with Crippen LogP contribution in [-0.2, 0) is 11.2 Å². The summed E-state index contributed by atoms with van der Waals surface area (Å²) in [5.41, 5.74) is 0.805. The quantitative estimate of drug-likeness (QED) is 0.653. The zero-order chi connectivity index (χ0) is 8.55. The third-order valence-corrected chi connectivity index (χ3v) is 1.85. The van der Waals surface area contributed by atoms with E-state index >= 15 is 0 Å². The van der Waals surface area contributed by atoms with E-state index in [0.29, 0.717) is 23.8 Å². The van der Waals surface area contributed by atoms with Crippen LogP contribution < -0.4 is 5.32 Å². The number of nitrogens with zero attached hydrogens (tertiary/aromatic N) is 2. The van der Waals surface area contributed by atoms with Crippen LogP contribution in [0.15, 0.2) is 6.20 Å². The number of aromatic nitrogens is 2. The molecule has 1 aliphatic heterocycles. The molecule has 1 amide bonds. The second-order valence-electron chi connectivity index (χ2n) is 2.54. The lowest BCUT2D eigenvalue weighted by Gasteiger charge is -2.13. The molecule has 5 heteroatoms. The lowest BCUT2D eigenvalue weighted by molar-refractivity contribution is -0.116. The van der Waals surface area contributed by atoms with Gasteiger partial charge in [0, 0.05) is 12.8 Å². The molecule has 0 saturated heterocycles. The van der Waals surface area contributed by atoms with Crippen LogP contribution in [0.5, 0.6) is 0 Å². The van der Waals surface area contributed by atoms with Crippen molar-refractivity contribution in [1.29, 1.82) is 0 Å². The summed E-state index contributed by atoms with van der Waals surface area (Å²) in [6.45, 7) is 0. The number of halogens is 1. The highest BCUT2D eigenvalue weighted by atomic mass is 35.5. The van der Waals surface area contributed by atoms with Crippen LogP contribution in [0.4, 0.5) is 5.82 Å². The van der Waals surface area contributed by atoms with E-state index in [-0.39, 0.29) is 5.91 Å². The molecule has 1 aromatic rings. The Bertz CT molecular complexity index is 339. The summed E-state index contributed by atoms with van der Waals surface area (Å²) in [7, 11) is 0. The van der Waals surface area contributed by atoms with Gasteiger partial charge in [-0.15, -0.1) is 0 Å². The summed E-state index contributed by atoms with van der Waals surface area (Å²) in [5.74, 6) is 0.470. The van der Waals surface area contributed by atoms with E-state index in [1.54, 1.807) is 0 Å². The van der Waals surface area contributed by atoms with Gasteiger partial charge in [0.15, 0.2) is 5.82 Å². The molecule has 62 valence electrons. The molecule has 2 heterocycles. The number of nitrogens with one attached hydrogen (secondary N) is 1. The molecular weight excluding hydrogens is 178 g/mol. The van der Waals surface area contributed by atoms with E-state index in [1.165, 1.54) is 6.20 Å². The molecule has 0 radical (unpaired) electrons. The lowest BCUT2D eigenvalue weighted by Crippen LogP contribution is -2.21. The minimum atomic E-state index is -0.0286. The van der Waals surface area contributed by atoms with E-state index in [1.807, 2.05) is 0 Å². The first-order valence-corrected chi connectivity index (χ1v) is 3.95. The Kier molecular flexibility index (Phi) is 1.69. The van der Waals surface area contributed by atoms with Gasteiger partial charge in [-0.3, -0.25) is 9.78 Å². The van der Waals surface area contributed by atoms with Crippen molar-refractivity contribution in [1.82, 2.24) is 9.97 Å². The summed E-state index contributed by atoms with van der Waals surface area (Å²) < 4.78 is 0. The maximum atomic E-state index is 10.9. The van der Waals surface area contributed by atoms with Crippen LogP contribution in [0.25, 0.3) is 0 Å². The standard InChI is InChI=1S/C7H6ClN3O/c8-5-3-9-4-1-2-6(12)11-7(4)10-5/h3H,1-2H2,(H,10,11,12). The van der Waals surface area contributed by atoms with Gasteiger partial charge < -0.3 is 5.32 Å². The van der Waals surface area contributed by atoms with Crippen molar-refractivity contribution < 1.29 is 4.79 Å². The summed E-state index contributed by atoms with van der Waals surface area (Å²) >= 11 is 5.60. The fourth-order valence-corrected chi connectivity index (χ4v) is 1.24. The van der Waals surface area contributed by atoms with Crippen LogP contribution in [0.3, 0.4) is 0 Å². The van der Waals surface area contributed by atoms with E-state index in [2.05, 4.69) is 15.3 Å². The predicted molar refractivity (Wildman–Crippen MR) is 44.0 cm³/mol. The highest BCUT2D eigenvalue weighted by Gasteiger charge is 2.16. The molecule has 12 heavy (non-hydrogen) atoms. The Balaban J connectivity index is 2.44. The Morgan fingerprint density at radius 3 is 3.17 bits per heavy atom. The molecule has 0 unspecified atom stereocenters. The Hall–Kier alpha value is -1.16. The first kappa shape index (κ1) is 7.49. The number of fused-ring (bicyclic) bond motifs is 1. The van der Waals surface area contributed by atoms with Crippen molar-refractivity contribution in [2.24, 2.45) is 0 Å². The van der Waals surface area contributed by atoms with Gasteiger partial charge in [0.25, 0.3) is 0 Å². The third kappa shape index (κ3) is 1.25.